The first-order valence-corrected chi connectivity index (χ1v) is 12.3. The summed E-state index contributed by atoms with van der Waals surface area (Å²) in [6.45, 7) is 6.38. The summed E-state index contributed by atoms with van der Waals surface area (Å²) in [5, 5.41) is 1.02. The predicted molar refractivity (Wildman–Crippen MR) is 126 cm³/mol. The van der Waals surface area contributed by atoms with Crippen LogP contribution in [0.15, 0.2) is 54.7 Å². The molecule has 3 aromatic rings. The lowest BCUT2D eigenvalue weighted by atomic mass is 9.93. The second-order valence-electron chi connectivity index (χ2n) is 8.99. The first-order chi connectivity index (χ1) is 15.2. The molecule has 8 heteroatoms. The van der Waals surface area contributed by atoms with Gasteiger partial charge in [0.2, 0.25) is 0 Å². The van der Waals surface area contributed by atoms with Crippen LogP contribution in [0, 0.1) is 5.82 Å². The summed E-state index contributed by atoms with van der Waals surface area (Å²) < 4.78 is 43.7. The van der Waals surface area contributed by atoms with Gasteiger partial charge in [0, 0.05) is 48.8 Å². The van der Waals surface area contributed by atoms with Gasteiger partial charge in [-0.25, -0.2) is 4.39 Å². The van der Waals surface area contributed by atoms with Gasteiger partial charge in [-0.2, -0.15) is 13.1 Å². The summed E-state index contributed by atoms with van der Waals surface area (Å²) in [7, 11) is -3.61. The van der Waals surface area contributed by atoms with E-state index in [0.29, 0.717) is 13.1 Å². The molecule has 0 atom stereocenters. The monoisotopic (exact) mass is 454 g/mol. The minimum atomic E-state index is -3.61. The summed E-state index contributed by atoms with van der Waals surface area (Å²) >= 11 is 0. The molecule has 0 spiro atoms. The Kier molecular flexibility index (Phi) is 5.11. The van der Waals surface area contributed by atoms with E-state index in [1.54, 1.807) is 0 Å². The summed E-state index contributed by atoms with van der Waals surface area (Å²) in [6.07, 6.45) is 4.99. The zero-order valence-corrected chi connectivity index (χ0v) is 19.0. The molecule has 32 heavy (non-hydrogen) atoms. The zero-order chi connectivity index (χ0) is 22.5. The van der Waals surface area contributed by atoms with Crippen LogP contribution < -0.4 is 9.03 Å². The molecule has 5 rings (SSSR count). The second kappa shape index (κ2) is 7.72. The Balaban J connectivity index is 1.31. The summed E-state index contributed by atoms with van der Waals surface area (Å²) in [5.74, 6) is -0.248. The summed E-state index contributed by atoms with van der Waals surface area (Å²) in [6, 6.07) is 12.5. The second-order valence-corrected chi connectivity index (χ2v) is 10.6. The Morgan fingerprint density at radius 3 is 2.72 bits per heavy atom. The molecule has 3 heterocycles. The molecule has 0 amide bonds. The maximum absolute atomic E-state index is 13.5. The van der Waals surface area contributed by atoms with E-state index in [4.69, 9.17) is 0 Å². The number of nitrogens with one attached hydrogen (secondary N) is 2. The van der Waals surface area contributed by atoms with Crippen molar-refractivity contribution < 1.29 is 12.8 Å². The molecule has 0 unspecified atom stereocenters. The van der Waals surface area contributed by atoms with Crippen LogP contribution in [-0.4, -0.2) is 44.5 Å². The number of hydrogen-bond donors (Lipinski definition) is 2. The smallest absolute Gasteiger partial charge is 0.302 e. The van der Waals surface area contributed by atoms with Gasteiger partial charge in [0.1, 0.15) is 5.82 Å². The van der Waals surface area contributed by atoms with Gasteiger partial charge >= 0.3 is 10.2 Å². The highest BCUT2D eigenvalue weighted by atomic mass is 32.2. The maximum atomic E-state index is 13.5. The van der Waals surface area contributed by atoms with Crippen molar-refractivity contribution in [1.29, 1.82) is 0 Å². The van der Waals surface area contributed by atoms with Gasteiger partial charge in [0.15, 0.2) is 0 Å². The van der Waals surface area contributed by atoms with Gasteiger partial charge in [-0.05, 0) is 55.7 Å². The quantitative estimate of drug-likeness (QED) is 0.627. The van der Waals surface area contributed by atoms with Crippen molar-refractivity contribution in [2.75, 3.05) is 30.5 Å². The molecule has 2 N–H and O–H groups in total. The third-order valence-corrected chi connectivity index (χ3v) is 8.15. The van der Waals surface area contributed by atoms with Gasteiger partial charge in [0.25, 0.3) is 0 Å². The van der Waals surface area contributed by atoms with Crippen molar-refractivity contribution in [1.82, 2.24) is 14.6 Å². The maximum Gasteiger partial charge on any atom is 0.302 e. The first kappa shape index (κ1) is 21.2. The van der Waals surface area contributed by atoms with Crippen LogP contribution in [0.5, 0.6) is 0 Å². The molecule has 6 nitrogen and oxygen atoms in total. The van der Waals surface area contributed by atoms with Gasteiger partial charge in [-0.15, -0.1) is 0 Å². The van der Waals surface area contributed by atoms with Crippen molar-refractivity contribution in [3.63, 3.8) is 0 Å². The van der Waals surface area contributed by atoms with Crippen LogP contribution >= 0.6 is 0 Å². The zero-order valence-electron chi connectivity index (χ0n) is 18.2. The Morgan fingerprint density at radius 2 is 1.94 bits per heavy atom. The van der Waals surface area contributed by atoms with E-state index in [9.17, 15) is 12.8 Å². The lowest BCUT2D eigenvalue weighted by Gasteiger charge is -2.40. The van der Waals surface area contributed by atoms with E-state index >= 15 is 0 Å². The van der Waals surface area contributed by atoms with E-state index in [2.05, 4.69) is 20.7 Å². The molecule has 0 aliphatic carbocycles. The fourth-order valence-electron chi connectivity index (χ4n) is 4.78. The molecular weight excluding hydrogens is 427 g/mol. The number of fused-ring (bicyclic) bond motifs is 2. The molecule has 2 aliphatic rings. The number of H-pyrrole nitrogens is 1. The average molecular weight is 455 g/mol. The molecule has 0 saturated carbocycles. The molecule has 0 fully saturated rings. The molecule has 0 bridgehead atoms. The van der Waals surface area contributed by atoms with Crippen LogP contribution in [0.25, 0.3) is 16.5 Å². The molecule has 168 valence electrons. The Hall–Kier alpha value is -2.68. The summed E-state index contributed by atoms with van der Waals surface area (Å²) in [5.41, 5.74) is 4.23. The normalized spacial score (nSPS) is 20.2. The van der Waals surface area contributed by atoms with Crippen molar-refractivity contribution >= 4 is 32.4 Å². The Labute approximate surface area is 187 Å². The molecule has 0 saturated heterocycles. The highest BCUT2D eigenvalue weighted by Crippen LogP contribution is 2.37. The first-order valence-electron chi connectivity index (χ1n) is 10.8. The number of anilines is 1. The highest BCUT2D eigenvalue weighted by molar-refractivity contribution is 7.91. The topological polar surface area (TPSA) is 68.4 Å². The van der Waals surface area contributed by atoms with Gasteiger partial charge in [-0.3, -0.25) is 9.21 Å². The lowest BCUT2D eigenvalue weighted by molar-refractivity contribution is 0.310. The van der Waals surface area contributed by atoms with Gasteiger partial charge in [0.05, 0.1) is 11.2 Å². The highest BCUT2D eigenvalue weighted by Gasteiger charge is 2.39. The van der Waals surface area contributed by atoms with Crippen LogP contribution in [0.4, 0.5) is 10.1 Å². The van der Waals surface area contributed by atoms with Crippen LogP contribution in [0.2, 0.25) is 0 Å². The van der Waals surface area contributed by atoms with Crippen molar-refractivity contribution in [2.45, 2.75) is 25.8 Å². The average Bonchev–Trinajstić information content (AvgIpc) is 3.16. The predicted octanol–water partition coefficient (Wildman–Crippen LogP) is 3.99. The lowest BCUT2D eigenvalue weighted by Crippen LogP contribution is -2.55. The van der Waals surface area contributed by atoms with E-state index < -0.39 is 15.7 Å². The minimum absolute atomic E-state index is 0.248. The number of hydrogen-bond acceptors (Lipinski definition) is 3. The van der Waals surface area contributed by atoms with Crippen molar-refractivity contribution in [2.24, 2.45) is 0 Å². The molecule has 2 aromatic carbocycles. The fourth-order valence-corrected chi connectivity index (χ4v) is 6.38. The third kappa shape index (κ3) is 3.72. The number of aromatic amines is 1. The number of benzene rings is 2. The fraction of sp³-hybridized carbons (Fsp3) is 0.333. The molecule has 1 aromatic heterocycles. The van der Waals surface area contributed by atoms with Crippen LogP contribution in [0.3, 0.4) is 0 Å². The molecular formula is C24H27FN4O2S. The SMILES string of the molecule is CC1(C)NS(=O)(=O)N(CCN2CC=C(c3c[nH]c4cc(F)ccc34)CC2)c2ccccc21. The standard InChI is InChI=1S/C24H27FN4O2S/c1-24(2)21-5-3-4-6-23(21)29(32(30,31)27-24)14-13-28-11-9-17(10-12-28)20-16-26-22-15-18(25)7-8-19(20)22/h3-9,15-16,26-27H,10-14H2,1-2H3. The van der Waals surface area contributed by atoms with Gasteiger partial charge < -0.3 is 4.98 Å². The van der Waals surface area contributed by atoms with E-state index in [-0.39, 0.29) is 5.82 Å². The molecule has 0 radical (unpaired) electrons. The number of para-hydroxylation sites is 1. The van der Waals surface area contributed by atoms with E-state index in [1.807, 2.05) is 50.4 Å². The van der Waals surface area contributed by atoms with Gasteiger partial charge in [-0.1, -0.05) is 24.3 Å². The van der Waals surface area contributed by atoms with Crippen LogP contribution in [0.1, 0.15) is 31.4 Å². The van der Waals surface area contributed by atoms with E-state index in [1.165, 1.54) is 22.0 Å². The summed E-state index contributed by atoms with van der Waals surface area (Å²) in [4.78, 5) is 5.42. The van der Waals surface area contributed by atoms with E-state index in [0.717, 1.165) is 47.2 Å². The van der Waals surface area contributed by atoms with Crippen molar-refractivity contribution in [3.8, 4) is 0 Å². The largest absolute Gasteiger partial charge is 0.360 e. The number of rotatable bonds is 4. The molecule has 2 aliphatic heterocycles. The Bertz CT molecular complexity index is 1310. The van der Waals surface area contributed by atoms with Crippen LogP contribution in [-0.2, 0) is 15.7 Å². The minimum Gasteiger partial charge on any atom is -0.360 e. The Morgan fingerprint density at radius 1 is 1.12 bits per heavy atom. The van der Waals surface area contributed by atoms with Crippen molar-refractivity contribution in [3.05, 3.63) is 71.7 Å². The number of halogens is 1. The third-order valence-electron chi connectivity index (χ3n) is 6.42. The number of aromatic nitrogens is 1. The number of nitrogens with zero attached hydrogens (tertiary/aromatic N) is 2.